The van der Waals surface area contributed by atoms with Gasteiger partial charge in [0, 0.05) is 12.0 Å². The van der Waals surface area contributed by atoms with Crippen molar-refractivity contribution in [3.05, 3.63) is 60.2 Å². The van der Waals surface area contributed by atoms with Gasteiger partial charge in [-0.05, 0) is 18.1 Å². The van der Waals surface area contributed by atoms with Crippen LogP contribution >= 0.6 is 0 Å². The van der Waals surface area contributed by atoms with Gasteiger partial charge in [-0.15, -0.1) is 0 Å². The maximum Gasteiger partial charge on any atom is 0.321 e. The summed E-state index contributed by atoms with van der Waals surface area (Å²) in [7, 11) is 0. The summed E-state index contributed by atoms with van der Waals surface area (Å²) in [5.41, 5.74) is 0.0713. The Balaban J connectivity index is 2.21. The predicted octanol–water partition coefficient (Wildman–Crippen LogP) is 3.10. The summed E-state index contributed by atoms with van der Waals surface area (Å²) in [5.74, 6) is -3.57. The quantitative estimate of drug-likeness (QED) is 0.631. The summed E-state index contributed by atoms with van der Waals surface area (Å²) in [6, 6.07) is 16.2. The molecule has 2 rings (SSSR count). The van der Waals surface area contributed by atoms with E-state index in [2.05, 4.69) is 0 Å². The number of benzene rings is 2. The maximum atomic E-state index is 12.2. The Hall–Kier alpha value is -2.95. The first-order chi connectivity index (χ1) is 10.8. The Morgan fingerprint density at radius 1 is 0.826 bits per heavy atom. The fraction of sp³-hybridized carbons (Fsp3) is 0.167. The van der Waals surface area contributed by atoms with Gasteiger partial charge in [0.15, 0.2) is 11.2 Å². The molecule has 0 amide bonds. The minimum absolute atomic E-state index is 0.290. The van der Waals surface area contributed by atoms with Crippen LogP contribution in [0.3, 0.4) is 0 Å². The maximum absolute atomic E-state index is 12.2. The number of ketones is 1. The number of hydrogen-bond donors (Lipinski definition) is 2. The molecule has 118 valence electrons. The molecule has 0 atom stereocenters. The average molecular weight is 312 g/mol. The first-order valence-electron chi connectivity index (χ1n) is 7.00. The molecular formula is C18H16O5. The van der Waals surface area contributed by atoms with Crippen molar-refractivity contribution in [2.75, 3.05) is 0 Å². The van der Waals surface area contributed by atoms with Gasteiger partial charge in [0.2, 0.25) is 0 Å². The van der Waals surface area contributed by atoms with Crippen molar-refractivity contribution in [1.29, 1.82) is 0 Å². The van der Waals surface area contributed by atoms with E-state index in [9.17, 15) is 14.4 Å². The second-order valence-corrected chi connectivity index (χ2v) is 5.49. The number of rotatable bonds is 6. The Morgan fingerprint density at radius 2 is 1.30 bits per heavy atom. The molecular weight excluding hydrogens is 296 g/mol. The van der Waals surface area contributed by atoms with Crippen molar-refractivity contribution in [3.63, 3.8) is 0 Å². The summed E-state index contributed by atoms with van der Waals surface area (Å²) >= 11 is 0. The molecule has 0 aromatic heterocycles. The molecule has 0 aliphatic rings. The van der Waals surface area contributed by atoms with Crippen molar-refractivity contribution in [1.82, 2.24) is 0 Å². The van der Waals surface area contributed by atoms with Gasteiger partial charge in [-0.25, -0.2) is 0 Å². The molecule has 0 unspecified atom stereocenters. The van der Waals surface area contributed by atoms with E-state index >= 15 is 0 Å². The Morgan fingerprint density at radius 3 is 1.78 bits per heavy atom. The average Bonchev–Trinajstić information content (AvgIpc) is 2.55. The van der Waals surface area contributed by atoms with Crippen LogP contribution in [-0.2, 0) is 9.59 Å². The van der Waals surface area contributed by atoms with Gasteiger partial charge >= 0.3 is 11.9 Å². The molecule has 2 N–H and O–H groups in total. The number of carbonyl (C=O) groups excluding carboxylic acids is 1. The minimum Gasteiger partial charge on any atom is -0.480 e. The van der Waals surface area contributed by atoms with Crippen LogP contribution in [0.1, 0.15) is 23.7 Å². The highest BCUT2D eigenvalue weighted by Gasteiger charge is 2.43. The SMILES string of the molecule is CC(CC(=O)c1ccc(-c2ccccc2)cc1)(C(=O)O)C(=O)O. The lowest BCUT2D eigenvalue weighted by Crippen LogP contribution is -2.38. The molecule has 5 heteroatoms. The molecule has 0 spiro atoms. The fourth-order valence-corrected chi connectivity index (χ4v) is 2.15. The smallest absolute Gasteiger partial charge is 0.321 e. The van der Waals surface area contributed by atoms with Gasteiger partial charge in [0.1, 0.15) is 0 Å². The lowest BCUT2D eigenvalue weighted by Gasteiger charge is -2.18. The number of hydrogen-bond acceptors (Lipinski definition) is 3. The summed E-state index contributed by atoms with van der Waals surface area (Å²) in [5, 5.41) is 18.1. The number of Topliss-reactive ketones (excluding diaryl/α,β-unsaturated/α-hetero) is 1. The van der Waals surface area contributed by atoms with Crippen LogP contribution in [-0.4, -0.2) is 27.9 Å². The Bertz CT molecular complexity index is 718. The lowest BCUT2D eigenvalue weighted by molar-refractivity contribution is -0.163. The van der Waals surface area contributed by atoms with E-state index in [0.717, 1.165) is 18.1 Å². The third kappa shape index (κ3) is 3.45. The molecule has 0 aliphatic carbocycles. The highest BCUT2D eigenvalue weighted by atomic mass is 16.4. The van der Waals surface area contributed by atoms with Crippen LogP contribution < -0.4 is 0 Å². The van der Waals surface area contributed by atoms with Crippen LogP contribution in [0.15, 0.2) is 54.6 Å². The zero-order chi connectivity index (χ0) is 17.0. The second-order valence-electron chi connectivity index (χ2n) is 5.49. The Labute approximate surface area is 133 Å². The molecule has 23 heavy (non-hydrogen) atoms. The van der Waals surface area contributed by atoms with Crippen LogP contribution in [0.4, 0.5) is 0 Å². The van der Waals surface area contributed by atoms with E-state index in [1.54, 1.807) is 24.3 Å². The van der Waals surface area contributed by atoms with Crippen LogP contribution in [0.2, 0.25) is 0 Å². The van der Waals surface area contributed by atoms with Crippen LogP contribution in [0.25, 0.3) is 11.1 Å². The van der Waals surface area contributed by atoms with Crippen molar-refractivity contribution in [2.45, 2.75) is 13.3 Å². The van der Waals surface area contributed by atoms with E-state index < -0.39 is 29.6 Å². The molecule has 0 fully saturated rings. The third-order valence-electron chi connectivity index (χ3n) is 3.77. The van der Waals surface area contributed by atoms with Gasteiger partial charge < -0.3 is 10.2 Å². The zero-order valence-corrected chi connectivity index (χ0v) is 12.5. The summed E-state index contributed by atoms with van der Waals surface area (Å²) in [4.78, 5) is 34.5. The van der Waals surface area contributed by atoms with E-state index in [1.807, 2.05) is 30.3 Å². The third-order valence-corrected chi connectivity index (χ3v) is 3.77. The molecule has 5 nitrogen and oxygen atoms in total. The minimum atomic E-state index is -2.13. The van der Waals surface area contributed by atoms with E-state index in [1.165, 1.54) is 0 Å². The number of aliphatic carboxylic acids is 2. The van der Waals surface area contributed by atoms with Crippen molar-refractivity contribution < 1.29 is 24.6 Å². The van der Waals surface area contributed by atoms with Gasteiger partial charge in [-0.1, -0.05) is 54.6 Å². The fourth-order valence-electron chi connectivity index (χ4n) is 2.15. The van der Waals surface area contributed by atoms with E-state index in [-0.39, 0.29) is 0 Å². The second kappa shape index (κ2) is 6.44. The van der Waals surface area contributed by atoms with Crippen LogP contribution in [0, 0.1) is 5.41 Å². The lowest BCUT2D eigenvalue weighted by atomic mass is 9.83. The number of carbonyl (C=O) groups is 3. The van der Waals surface area contributed by atoms with Crippen molar-refractivity contribution in [2.24, 2.45) is 5.41 Å². The van der Waals surface area contributed by atoms with Crippen molar-refractivity contribution >= 4 is 17.7 Å². The summed E-state index contributed by atoms with van der Waals surface area (Å²) in [6.07, 6.45) is -0.595. The van der Waals surface area contributed by atoms with Gasteiger partial charge in [0.05, 0.1) is 0 Å². The van der Waals surface area contributed by atoms with Crippen molar-refractivity contribution in [3.8, 4) is 11.1 Å². The number of carboxylic acids is 2. The first kappa shape index (κ1) is 16.4. The molecule has 0 saturated heterocycles. The van der Waals surface area contributed by atoms with E-state index in [0.29, 0.717) is 5.56 Å². The molecule has 0 heterocycles. The highest BCUT2D eigenvalue weighted by molar-refractivity contribution is 6.06. The molecule has 2 aromatic rings. The van der Waals surface area contributed by atoms with Gasteiger partial charge in [0.25, 0.3) is 0 Å². The van der Waals surface area contributed by atoms with E-state index in [4.69, 9.17) is 10.2 Å². The Kier molecular flexibility index (Phi) is 4.60. The molecule has 0 saturated carbocycles. The zero-order valence-electron chi connectivity index (χ0n) is 12.5. The standard InChI is InChI=1S/C18H16O5/c1-18(16(20)21,17(22)23)11-15(19)14-9-7-13(8-10-14)12-5-3-2-4-6-12/h2-10H,11H2,1H3,(H,20,21)(H,22,23). The number of carboxylic acid groups (broad SMARTS) is 2. The largest absolute Gasteiger partial charge is 0.480 e. The monoisotopic (exact) mass is 312 g/mol. The molecule has 0 bridgehead atoms. The topological polar surface area (TPSA) is 91.7 Å². The van der Waals surface area contributed by atoms with Gasteiger partial charge in [-0.3, -0.25) is 14.4 Å². The summed E-state index contributed by atoms with van der Waals surface area (Å²) < 4.78 is 0. The molecule has 0 aliphatic heterocycles. The van der Waals surface area contributed by atoms with Gasteiger partial charge in [-0.2, -0.15) is 0 Å². The summed E-state index contributed by atoms with van der Waals surface area (Å²) in [6.45, 7) is 1.04. The highest BCUT2D eigenvalue weighted by Crippen LogP contribution is 2.26. The predicted molar refractivity (Wildman–Crippen MR) is 84.2 cm³/mol. The first-order valence-corrected chi connectivity index (χ1v) is 7.00. The molecule has 0 radical (unpaired) electrons. The van der Waals surface area contributed by atoms with Crippen LogP contribution in [0.5, 0.6) is 0 Å². The molecule has 2 aromatic carbocycles. The normalized spacial score (nSPS) is 11.0.